The van der Waals surface area contributed by atoms with Crippen molar-refractivity contribution in [2.45, 2.75) is 0 Å². The van der Waals surface area contributed by atoms with Gasteiger partial charge in [-0.1, -0.05) is 6.07 Å². The molecule has 0 saturated heterocycles. The monoisotopic (exact) mass is 360 g/mol. The van der Waals surface area contributed by atoms with Crippen LogP contribution >= 0.6 is 11.3 Å². The lowest BCUT2D eigenvalue weighted by molar-refractivity contribution is 0.102. The van der Waals surface area contributed by atoms with E-state index in [4.69, 9.17) is 9.47 Å². The van der Waals surface area contributed by atoms with Crippen LogP contribution in [-0.2, 0) is 0 Å². The summed E-state index contributed by atoms with van der Waals surface area (Å²) >= 11 is 1.18. The Labute approximate surface area is 144 Å². The number of fused-ring (bicyclic) bond motifs is 1. The fraction of sp³-hybridized carbons (Fsp3) is 0.0588. The van der Waals surface area contributed by atoms with Gasteiger partial charge in [0.1, 0.15) is 0 Å². The SMILES string of the molecule is O=C(Nc1nc(-c2ccc3c(c2)OCO3)cs1)c1cccc(F)c1F. The first-order valence-electron chi connectivity index (χ1n) is 7.23. The van der Waals surface area contributed by atoms with Gasteiger partial charge in [0.15, 0.2) is 28.3 Å². The van der Waals surface area contributed by atoms with Crippen molar-refractivity contribution in [2.24, 2.45) is 0 Å². The van der Waals surface area contributed by atoms with Crippen LogP contribution in [0.25, 0.3) is 11.3 Å². The molecule has 3 aromatic rings. The van der Waals surface area contributed by atoms with Gasteiger partial charge < -0.3 is 9.47 Å². The van der Waals surface area contributed by atoms with Gasteiger partial charge in [-0.3, -0.25) is 10.1 Å². The number of benzene rings is 2. The average Bonchev–Trinajstić information content (AvgIpc) is 3.25. The minimum Gasteiger partial charge on any atom is -0.454 e. The van der Waals surface area contributed by atoms with Gasteiger partial charge >= 0.3 is 0 Å². The van der Waals surface area contributed by atoms with E-state index in [2.05, 4.69) is 10.3 Å². The normalized spacial score (nSPS) is 12.2. The van der Waals surface area contributed by atoms with Crippen LogP contribution in [0.2, 0.25) is 0 Å². The molecule has 126 valence electrons. The molecule has 1 aliphatic heterocycles. The Bertz CT molecular complexity index is 974. The molecule has 2 heterocycles. The lowest BCUT2D eigenvalue weighted by atomic mass is 10.1. The summed E-state index contributed by atoms with van der Waals surface area (Å²) in [5.74, 6) is -1.74. The fourth-order valence-electron chi connectivity index (χ4n) is 2.36. The molecule has 1 N–H and O–H groups in total. The van der Waals surface area contributed by atoms with Crippen molar-refractivity contribution in [3.05, 3.63) is 59.0 Å². The van der Waals surface area contributed by atoms with E-state index >= 15 is 0 Å². The first kappa shape index (κ1) is 15.5. The Kier molecular flexibility index (Phi) is 3.81. The second-order valence-corrected chi connectivity index (χ2v) is 6.02. The van der Waals surface area contributed by atoms with E-state index in [0.717, 1.165) is 11.6 Å². The summed E-state index contributed by atoms with van der Waals surface area (Å²) in [5.41, 5.74) is 1.04. The van der Waals surface area contributed by atoms with E-state index < -0.39 is 17.5 Å². The van der Waals surface area contributed by atoms with E-state index in [-0.39, 0.29) is 17.5 Å². The number of hydrogen-bond acceptors (Lipinski definition) is 5. The van der Waals surface area contributed by atoms with Gasteiger partial charge in [-0.25, -0.2) is 13.8 Å². The molecule has 8 heteroatoms. The summed E-state index contributed by atoms with van der Waals surface area (Å²) in [7, 11) is 0. The highest BCUT2D eigenvalue weighted by Crippen LogP contribution is 2.36. The molecular formula is C17H10F2N2O3S. The first-order valence-corrected chi connectivity index (χ1v) is 8.11. The van der Waals surface area contributed by atoms with Crippen molar-refractivity contribution >= 4 is 22.4 Å². The summed E-state index contributed by atoms with van der Waals surface area (Å²) in [6.07, 6.45) is 0. The lowest BCUT2D eigenvalue weighted by Crippen LogP contribution is -2.14. The molecule has 1 aliphatic rings. The fourth-order valence-corrected chi connectivity index (χ4v) is 3.08. The van der Waals surface area contributed by atoms with Gasteiger partial charge in [-0.15, -0.1) is 11.3 Å². The second-order valence-electron chi connectivity index (χ2n) is 5.16. The summed E-state index contributed by atoms with van der Waals surface area (Å²) in [6, 6.07) is 8.81. The Hall–Kier alpha value is -3.00. The molecule has 4 rings (SSSR count). The van der Waals surface area contributed by atoms with Gasteiger partial charge in [-0.2, -0.15) is 0 Å². The van der Waals surface area contributed by atoms with Gasteiger partial charge in [-0.05, 0) is 30.3 Å². The molecule has 0 unspecified atom stereocenters. The highest BCUT2D eigenvalue weighted by molar-refractivity contribution is 7.14. The van der Waals surface area contributed by atoms with Crippen molar-refractivity contribution in [1.29, 1.82) is 0 Å². The number of halogens is 2. The van der Waals surface area contributed by atoms with Crippen LogP contribution < -0.4 is 14.8 Å². The third-order valence-electron chi connectivity index (χ3n) is 3.59. The number of nitrogens with one attached hydrogen (secondary N) is 1. The van der Waals surface area contributed by atoms with Crippen LogP contribution in [-0.4, -0.2) is 17.7 Å². The minimum absolute atomic E-state index is 0.177. The summed E-state index contributed by atoms with van der Waals surface area (Å²) in [4.78, 5) is 16.4. The zero-order chi connectivity index (χ0) is 17.4. The van der Waals surface area contributed by atoms with Gasteiger partial charge in [0, 0.05) is 10.9 Å². The van der Waals surface area contributed by atoms with Crippen LogP contribution in [0.5, 0.6) is 11.5 Å². The van der Waals surface area contributed by atoms with E-state index in [1.165, 1.54) is 23.5 Å². The topological polar surface area (TPSA) is 60.5 Å². The molecule has 0 bridgehead atoms. The van der Waals surface area contributed by atoms with E-state index in [1.807, 2.05) is 6.07 Å². The van der Waals surface area contributed by atoms with Crippen molar-refractivity contribution < 1.29 is 23.0 Å². The molecule has 1 amide bonds. The largest absolute Gasteiger partial charge is 0.454 e. The van der Waals surface area contributed by atoms with E-state index in [1.54, 1.807) is 17.5 Å². The lowest BCUT2D eigenvalue weighted by Gasteiger charge is -2.03. The Balaban J connectivity index is 1.55. The van der Waals surface area contributed by atoms with Crippen molar-refractivity contribution in [3.8, 4) is 22.8 Å². The second kappa shape index (κ2) is 6.14. The molecule has 25 heavy (non-hydrogen) atoms. The van der Waals surface area contributed by atoms with Crippen LogP contribution in [0.4, 0.5) is 13.9 Å². The van der Waals surface area contributed by atoms with Crippen LogP contribution in [0.3, 0.4) is 0 Å². The standard InChI is InChI=1S/C17H10F2N2O3S/c18-11-3-1-2-10(15(11)19)16(22)21-17-20-12(7-25-17)9-4-5-13-14(6-9)24-8-23-13/h1-7H,8H2,(H,20,21,22). The highest BCUT2D eigenvalue weighted by atomic mass is 32.1. The summed E-state index contributed by atoms with van der Waals surface area (Å²) in [6.45, 7) is 0.177. The predicted octanol–water partition coefficient (Wildman–Crippen LogP) is 4.07. The van der Waals surface area contributed by atoms with Crippen molar-refractivity contribution in [3.63, 3.8) is 0 Å². The third-order valence-corrected chi connectivity index (χ3v) is 4.35. The molecular weight excluding hydrogens is 350 g/mol. The zero-order valence-corrected chi connectivity index (χ0v) is 13.4. The molecule has 0 radical (unpaired) electrons. The van der Waals surface area contributed by atoms with Crippen molar-refractivity contribution in [2.75, 3.05) is 12.1 Å². The number of thiazole rings is 1. The third kappa shape index (κ3) is 2.91. The number of hydrogen-bond donors (Lipinski definition) is 1. The molecule has 2 aromatic carbocycles. The molecule has 1 aromatic heterocycles. The van der Waals surface area contributed by atoms with Crippen molar-refractivity contribution in [1.82, 2.24) is 4.98 Å². The van der Waals surface area contributed by atoms with Gasteiger partial charge in [0.05, 0.1) is 11.3 Å². The number of nitrogens with zero attached hydrogens (tertiary/aromatic N) is 1. The number of amides is 1. The maximum Gasteiger partial charge on any atom is 0.260 e. The number of rotatable bonds is 3. The first-order chi connectivity index (χ1) is 12.1. The maximum atomic E-state index is 13.7. The quantitative estimate of drug-likeness (QED) is 0.765. The minimum atomic E-state index is -1.19. The van der Waals surface area contributed by atoms with Gasteiger partial charge in [0.25, 0.3) is 5.91 Å². The number of carbonyl (C=O) groups is 1. The van der Waals surface area contributed by atoms with E-state index in [0.29, 0.717) is 17.2 Å². The molecule has 0 aliphatic carbocycles. The number of carbonyl (C=O) groups excluding carboxylic acids is 1. The number of anilines is 1. The maximum absolute atomic E-state index is 13.7. The predicted molar refractivity (Wildman–Crippen MR) is 88.0 cm³/mol. The Morgan fingerprint density at radius 1 is 1.16 bits per heavy atom. The summed E-state index contributed by atoms with van der Waals surface area (Å²) in [5, 5.41) is 4.50. The molecule has 0 fully saturated rings. The Morgan fingerprint density at radius 3 is 2.88 bits per heavy atom. The number of aromatic nitrogens is 1. The molecule has 0 saturated carbocycles. The highest BCUT2D eigenvalue weighted by Gasteiger charge is 2.18. The van der Waals surface area contributed by atoms with Crippen LogP contribution in [0.1, 0.15) is 10.4 Å². The molecule has 0 atom stereocenters. The number of ether oxygens (including phenoxy) is 2. The van der Waals surface area contributed by atoms with Crippen LogP contribution in [0.15, 0.2) is 41.8 Å². The van der Waals surface area contributed by atoms with Gasteiger partial charge in [0.2, 0.25) is 6.79 Å². The summed E-state index contributed by atoms with van der Waals surface area (Å²) < 4.78 is 37.5. The molecule has 0 spiro atoms. The molecule has 5 nitrogen and oxygen atoms in total. The Morgan fingerprint density at radius 2 is 2.00 bits per heavy atom. The van der Waals surface area contributed by atoms with E-state index in [9.17, 15) is 13.6 Å². The smallest absolute Gasteiger partial charge is 0.260 e. The van der Waals surface area contributed by atoms with Crippen LogP contribution in [0, 0.1) is 11.6 Å². The zero-order valence-electron chi connectivity index (χ0n) is 12.6. The average molecular weight is 360 g/mol.